The maximum absolute atomic E-state index is 7.07. The molecule has 0 saturated heterocycles. The minimum Gasteiger partial charge on any atom is -0.454 e. The van der Waals surface area contributed by atoms with E-state index in [4.69, 9.17) is 8.83 Å². The molecule has 0 aliphatic heterocycles. The summed E-state index contributed by atoms with van der Waals surface area (Å²) in [5, 5.41) is 14.4. The Kier molecular flexibility index (Phi) is 11.1. The zero-order chi connectivity index (χ0) is 59.1. The van der Waals surface area contributed by atoms with E-state index in [1.165, 1.54) is 91.3 Å². The fourth-order valence-electron chi connectivity index (χ4n) is 13.8. The van der Waals surface area contributed by atoms with Crippen molar-refractivity contribution in [1.82, 2.24) is 4.40 Å². The Morgan fingerprint density at radius 3 is 1.43 bits per heavy atom. The van der Waals surface area contributed by atoms with Crippen LogP contribution >= 0.6 is 11.3 Å². The molecule has 6 heteroatoms. The molecule has 0 aliphatic carbocycles. The number of furan rings is 2. The van der Waals surface area contributed by atoms with Crippen LogP contribution in [0.25, 0.3) is 113 Å². The summed E-state index contributed by atoms with van der Waals surface area (Å²) >= 11 is 1.89. The summed E-state index contributed by atoms with van der Waals surface area (Å²) in [5.74, 6) is 0. The fraction of sp³-hybridized carbons (Fsp3) is 0.200. The average molecular weight is 1140 g/mol. The maximum Gasteiger partial charge on any atom is 0.159 e. The van der Waals surface area contributed by atoms with Gasteiger partial charge < -0.3 is 23.0 Å². The third-order valence-electron chi connectivity index (χ3n) is 18.5. The Balaban J connectivity index is 0.890. The third-order valence-corrected chi connectivity index (χ3v) is 19.7. The molecule has 86 heavy (non-hydrogen) atoms. The van der Waals surface area contributed by atoms with Gasteiger partial charge in [0.05, 0.1) is 33.6 Å². The van der Waals surface area contributed by atoms with Crippen LogP contribution in [0.3, 0.4) is 0 Å². The highest BCUT2D eigenvalue weighted by Crippen LogP contribution is 2.52. The summed E-state index contributed by atoms with van der Waals surface area (Å²) in [5.41, 5.74) is 18.6. The van der Waals surface area contributed by atoms with E-state index in [1.54, 1.807) is 0 Å². The Morgan fingerprint density at radius 2 is 0.837 bits per heavy atom. The predicted octanol–water partition coefficient (Wildman–Crippen LogP) is 24.3. The summed E-state index contributed by atoms with van der Waals surface area (Å²) in [7, 11) is 0. The molecular weight excluding hydrogens is 1070 g/mol. The van der Waals surface area contributed by atoms with Gasteiger partial charge in [-0.1, -0.05) is 198 Å². The SMILES string of the molecule is CC(C)(C)c1ccc(N(c2ccc3c(c2)sc2c4cc5c(cc4ccc32)c2ccc(N(c3ccc(C(C)(C)C)cc3)c3cccc4c3oc3cc(C(C)(C)C)ccc34)c3c4ccccc4n5c23)c2cccc3c2oc2cc(C(C)(C)C)ccc23)cc1. The van der Waals surface area contributed by atoms with Gasteiger partial charge in [0.15, 0.2) is 11.2 Å². The van der Waals surface area contributed by atoms with Gasteiger partial charge in [0.25, 0.3) is 0 Å². The highest BCUT2D eigenvalue weighted by atomic mass is 32.1. The van der Waals surface area contributed by atoms with Crippen molar-refractivity contribution in [3.05, 3.63) is 222 Å². The topological polar surface area (TPSA) is 37.2 Å². The number of hydrogen-bond acceptors (Lipinski definition) is 5. The number of fused-ring (bicyclic) bond motifs is 17. The van der Waals surface area contributed by atoms with Gasteiger partial charge in [-0.3, -0.25) is 0 Å². The van der Waals surface area contributed by atoms with E-state index in [-0.39, 0.29) is 21.7 Å². The molecular formula is C80H69N3O2S. The van der Waals surface area contributed by atoms with Crippen LogP contribution in [0.4, 0.5) is 34.1 Å². The molecule has 0 N–H and O–H groups in total. The van der Waals surface area contributed by atoms with Gasteiger partial charge in [-0.25, -0.2) is 0 Å². The Hall–Kier alpha value is -9.10. The van der Waals surface area contributed by atoms with E-state index in [1.807, 2.05) is 11.3 Å². The Labute approximate surface area is 505 Å². The molecule has 5 heterocycles. The number of thiophene rings is 1. The fourth-order valence-corrected chi connectivity index (χ4v) is 15.0. The molecule has 11 aromatic carbocycles. The molecule has 0 bridgehead atoms. The minimum atomic E-state index is -0.0171. The van der Waals surface area contributed by atoms with Gasteiger partial charge in [-0.15, -0.1) is 11.3 Å². The van der Waals surface area contributed by atoms with E-state index in [9.17, 15) is 0 Å². The first-order valence-corrected chi connectivity index (χ1v) is 31.2. The first kappa shape index (κ1) is 52.5. The number of hydrogen-bond donors (Lipinski definition) is 0. The molecule has 0 unspecified atom stereocenters. The van der Waals surface area contributed by atoms with Crippen LogP contribution in [-0.2, 0) is 21.7 Å². The number of rotatable bonds is 6. The van der Waals surface area contributed by atoms with Crippen molar-refractivity contribution in [2.45, 2.75) is 105 Å². The second kappa shape index (κ2) is 18.2. The molecule has 0 fully saturated rings. The summed E-state index contributed by atoms with van der Waals surface area (Å²) < 4.78 is 19.1. The Bertz CT molecular complexity index is 5450. The van der Waals surface area contributed by atoms with E-state index in [0.29, 0.717) is 0 Å². The summed E-state index contributed by atoms with van der Waals surface area (Å²) in [6.45, 7) is 27.3. The smallest absolute Gasteiger partial charge is 0.159 e. The molecule has 0 atom stereocenters. The van der Waals surface area contributed by atoms with Crippen molar-refractivity contribution < 1.29 is 8.83 Å². The van der Waals surface area contributed by atoms with Gasteiger partial charge >= 0.3 is 0 Å². The van der Waals surface area contributed by atoms with Crippen molar-refractivity contribution >= 4 is 158 Å². The van der Waals surface area contributed by atoms with Crippen molar-refractivity contribution in [1.29, 1.82) is 0 Å². The van der Waals surface area contributed by atoms with Crippen LogP contribution < -0.4 is 9.80 Å². The lowest BCUT2D eigenvalue weighted by Gasteiger charge is -2.28. The molecule has 16 rings (SSSR count). The Morgan fingerprint density at radius 1 is 0.337 bits per heavy atom. The molecule has 0 spiro atoms. The lowest BCUT2D eigenvalue weighted by molar-refractivity contribution is 0.587. The van der Waals surface area contributed by atoms with Crippen molar-refractivity contribution in [3.8, 4) is 0 Å². The van der Waals surface area contributed by atoms with Crippen LogP contribution in [0.2, 0.25) is 0 Å². The first-order chi connectivity index (χ1) is 41.2. The number of nitrogens with zero attached hydrogens (tertiary/aromatic N) is 3. The van der Waals surface area contributed by atoms with E-state index in [2.05, 4.69) is 297 Å². The van der Waals surface area contributed by atoms with Gasteiger partial charge in [0, 0.05) is 85.7 Å². The standard InChI is InChI=1S/C80H69N3O2S/c1-77(2,3)47-24-30-51(31-25-47)81(66-21-15-18-58-54-36-28-49(79(7,8)9)42-69(54)84-74(58)66)53-34-38-56-60-35-23-46-41-63-57-39-40-65(72-61-17-13-14-20-64(61)83(73(57)72)68(63)45-62(46)76(60)86-71(56)44-53)82(52-32-26-48(27-33-52)78(4,5)6)67-22-16-19-59-55-37-29-50(80(10,11)12)43-70(55)85-75(59)67/h13-45H,1-12H3. The number of benzene rings is 11. The quantitative estimate of drug-likeness (QED) is 0.166. The molecule has 5 aromatic heterocycles. The van der Waals surface area contributed by atoms with Crippen molar-refractivity contribution in [2.75, 3.05) is 9.80 Å². The van der Waals surface area contributed by atoms with Crippen LogP contribution in [0.5, 0.6) is 0 Å². The van der Waals surface area contributed by atoms with Gasteiger partial charge in [0.2, 0.25) is 0 Å². The number of aromatic nitrogens is 1. The zero-order valence-electron chi connectivity index (χ0n) is 51.1. The van der Waals surface area contributed by atoms with Crippen molar-refractivity contribution in [2.24, 2.45) is 0 Å². The lowest BCUT2D eigenvalue weighted by Crippen LogP contribution is -2.13. The van der Waals surface area contributed by atoms with Crippen LogP contribution in [-0.4, -0.2) is 4.40 Å². The first-order valence-electron chi connectivity index (χ1n) is 30.4. The molecule has 0 aliphatic rings. The largest absolute Gasteiger partial charge is 0.454 e. The van der Waals surface area contributed by atoms with Crippen molar-refractivity contribution in [3.63, 3.8) is 0 Å². The van der Waals surface area contributed by atoms with Gasteiger partial charge in [0.1, 0.15) is 11.2 Å². The van der Waals surface area contributed by atoms with Crippen LogP contribution in [0.15, 0.2) is 209 Å². The third kappa shape index (κ3) is 7.95. The molecule has 0 amide bonds. The normalized spacial score (nSPS) is 13.1. The van der Waals surface area contributed by atoms with E-state index < -0.39 is 0 Å². The van der Waals surface area contributed by atoms with E-state index >= 15 is 0 Å². The van der Waals surface area contributed by atoms with Gasteiger partial charge in [-0.05, 0) is 134 Å². The van der Waals surface area contributed by atoms with Crippen LogP contribution in [0, 0.1) is 0 Å². The maximum atomic E-state index is 7.07. The average Bonchev–Trinajstić information content (AvgIpc) is 1.54. The summed E-state index contributed by atoms with van der Waals surface area (Å²) in [6.07, 6.45) is 0. The van der Waals surface area contributed by atoms with E-state index in [0.717, 1.165) is 78.0 Å². The zero-order valence-corrected chi connectivity index (χ0v) is 51.9. The minimum absolute atomic E-state index is 0.00184. The summed E-state index contributed by atoms with van der Waals surface area (Å²) in [6, 6.07) is 75.4. The number of anilines is 6. The lowest BCUT2D eigenvalue weighted by atomic mass is 9.86. The summed E-state index contributed by atoms with van der Waals surface area (Å²) in [4.78, 5) is 4.85. The molecule has 422 valence electrons. The molecule has 16 aromatic rings. The second-order valence-electron chi connectivity index (χ2n) is 28.2. The van der Waals surface area contributed by atoms with Gasteiger partial charge in [-0.2, -0.15) is 0 Å². The molecule has 0 saturated carbocycles. The van der Waals surface area contributed by atoms with Crippen LogP contribution in [0.1, 0.15) is 105 Å². The number of para-hydroxylation sites is 3. The second-order valence-corrected chi connectivity index (χ2v) is 29.3. The molecule has 5 nitrogen and oxygen atoms in total. The predicted molar refractivity (Wildman–Crippen MR) is 370 cm³/mol. The highest BCUT2D eigenvalue weighted by molar-refractivity contribution is 7.26. The monoisotopic (exact) mass is 1140 g/mol. The molecule has 0 radical (unpaired) electrons. The highest BCUT2D eigenvalue weighted by Gasteiger charge is 2.29.